The van der Waals surface area contributed by atoms with Crippen molar-refractivity contribution in [1.82, 2.24) is 14.2 Å². The average molecular weight is 440 g/mol. The van der Waals surface area contributed by atoms with Crippen LogP contribution in [0.4, 0.5) is 0 Å². The minimum absolute atomic E-state index is 0.152. The van der Waals surface area contributed by atoms with Crippen LogP contribution in [0.25, 0.3) is 22.8 Å². The molecule has 0 atom stereocenters. The van der Waals surface area contributed by atoms with Crippen LogP contribution in [0.5, 0.6) is 5.75 Å². The second-order valence-electron chi connectivity index (χ2n) is 6.80. The lowest BCUT2D eigenvalue weighted by molar-refractivity contribution is 0.104. The molecule has 0 aliphatic rings. The molecule has 0 spiro atoms. The smallest absolute Gasteiger partial charge is 0.191 e. The summed E-state index contributed by atoms with van der Waals surface area (Å²) in [7, 11) is 1.52. The number of para-hydroxylation sites is 2. The topological polar surface area (TPSA) is 48.5 Å². The van der Waals surface area contributed by atoms with E-state index < -0.39 is 0 Å². The van der Waals surface area contributed by atoms with Gasteiger partial charge < -0.3 is 9.30 Å². The van der Waals surface area contributed by atoms with E-state index in [-0.39, 0.29) is 5.78 Å². The summed E-state index contributed by atoms with van der Waals surface area (Å²) in [4.78, 5) is 13.2. The SMILES string of the molecule is C=CCn1c2ccccc2n2nc(C)c(C(=O)C=Cc3cc(Cl)c(Cl)c(OC)c3)c12. The van der Waals surface area contributed by atoms with Crippen molar-refractivity contribution in [3.05, 3.63) is 82.0 Å². The van der Waals surface area contributed by atoms with Crippen molar-refractivity contribution < 1.29 is 9.53 Å². The number of aryl methyl sites for hydroxylation is 1. The number of imidazole rings is 1. The summed E-state index contributed by atoms with van der Waals surface area (Å²) in [6.07, 6.45) is 5.01. The second-order valence-corrected chi connectivity index (χ2v) is 7.59. The van der Waals surface area contributed by atoms with E-state index in [4.69, 9.17) is 27.9 Å². The highest BCUT2D eigenvalue weighted by Gasteiger charge is 2.21. The maximum absolute atomic E-state index is 13.2. The number of benzene rings is 2. The van der Waals surface area contributed by atoms with Crippen molar-refractivity contribution in [1.29, 1.82) is 0 Å². The zero-order valence-corrected chi connectivity index (χ0v) is 18.0. The van der Waals surface area contributed by atoms with Crippen LogP contribution < -0.4 is 4.74 Å². The summed E-state index contributed by atoms with van der Waals surface area (Å²) in [6.45, 7) is 6.26. The Kier molecular flexibility index (Phi) is 5.41. The molecule has 5 nitrogen and oxygen atoms in total. The standard InChI is InChI=1S/C23H19Cl2N3O2/c1-4-11-27-17-7-5-6-8-18(17)28-23(27)21(14(2)26-28)19(29)10-9-15-12-16(24)22(25)20(13-15)30-3/h4-10,12-13H,1,11H2,2-3H3. The van der Waals surface area contributed by atoms with Crippen LogP contribution in [0.3, 0.4) is 0 Å². The van der Waals surface area contributed by atoms with Gasteiger partial charge in [-0.3, -0.25) is 4.79 Å². The van der Waals surface area contributed by atoms with E-state index in [1.165, 1.54) is 13.2 Å². The van der Waals surface area contributed by atoms with Crippen molar-refractivity contribution >= 4 is 51.7 Å². The number of halogens is 2. The molecule has 0 radical (unpaired) electrons. The van der Waals surface area contributed by atoms with E-state index in [9.17, 15) is 4.79 Å². The van der Waals surface area contributed by atoms with E-state index in [1.807, 2.05) is 40.3 Å². The minimum atomic E-state index is -0.152. The van der Waals surface area contributed by atoms with Crippen molar-refractivity contribution in [2.24, 2.45) is 0 Å². The van der Waals surface area contributed by atoms with Crippen LogP contribution in [-0.4, -0.2) is 27.1 Å². The lowest BCUT2D eigenvalue weighted by Crippen LogP contribution is -2.02. The lowest BCUT2D eigenvalue weighted by atomic mass is 10.1. The Morgan fingerprint density at radius 3 is 2.67 bits per heavy atom. The van der Waals surface area contributed by atoms with Gasteiger partial charge in [-0.25, -0.2) is 4.52 Å². The maximum Gasteiger partial charge on any atom is 0.191 e. The number of fused-ring (bicyclic) bond motifs is 3. The van der Waals surface area contributed by atoms with Gasteiger partial charge in [0.1, 0.15) is 16.4 Å². The number of hydrogen-bond acceptors (Lipinski definition) is 3. The highest BCUT2D eigenvalue weighted by Crippen LogP contribution is 2.34. The fourth-order valence-electron chi connectivity index (χ4n) is 3.60. The minimum Gasteiger partial charge on any atom is -0.495 e. The molecular formula is C23H19Cl2N3O2. The molecule has 2 heterocycles. The van der Waals surface area contributed by atoms with Gasteiger partial charge in [-0.1, -0.05) is 47.5 Å². The van der Waals surface area contributed by atoms with Crippen LogP contribution >= 0.6 is 23.2 Å². The molecule has 0 unspecified atom stereocenters. The fraction of sp³-hybridized carbons (Fsp3) is 0.130. The Balaban J connectivity index is 1.82. The van der Waals surface area contributed by atoms with E-state index in [1.54, 1.807) is 24.3 Å². The molecule has 4 aromatic rings. The molecule has 30 heavy (non-hydrogen) atoms. The number of carbonyl (C=O) groups excluding carboxylic acids is 1. The molecule has 0 aliphatic heterocycles. The number of methoxy groups -OCH3 is 1. The number of aromatic nitrogens is 3. The van der Waals surface area contributed by atoms with E-state index in [2.05, 4.69) is 11.7 Å². The lowest BCUT2D eigenvalue weighted by Gasteiger charge is -2.06. The molecule has 0 fully saturated rings. The molecular weight excluding hydrogens is 421 g/mol. The van der Waals surface area contributed by atoms with E-state index in [0.717, 1.165) is 16.7 Å². The monoisotopic (exact) mass is 439 g/mol. The first-order valence-corrected chi connectivity index (χ1v) is 10.0. The highest BCUT2D eigenvalue weighted by atomic mass is 35.5. The quantitative estimate of drug-likeness (QED) is 0.210. The third-order valence-electron chi connectivity index (χ3n) is 4.91. The van der Waals surface area contributed by atoms with Gasteiger partial charge >= 0.3 is 0 Å². The third kappa shape index (κ3) is 3.30. The van der Waals surface area contributed by atoms with Crippen molar-refractivity contribution in [3.63, 3.8) is 0 Å². The van der Waals surface area contributed by atoms with Gasteiger partial charge in [-0.05, 0) is 42.8 Å². The summed E-state index contributed by atoms with van der Waals surface area (Å²) >= 11 is 12.3. The van der Waals surface area contributed by atoms with Gasteiger partial charge in [0, 0.05) is 6.54 Å². The number of nitrogens with zero attached hydrogens (tertiary/aromatic N) is 3. The molecule has 0 amide bonds. The summed E-state index contributed by atoms with van der Waals surface area (Å²) in [5.74, 6) is 0.298. The normalized spacial score (nSPS) is 11.6. The van der Waals surface area contributed by atoms with Crippen molar-refractivity contribution in [3.8, 4) is 5.75 Å². The third-order valence-corrected chi connectivity index (χ3v) is 5.70. The number of ether oxygens (including phenoxy) is 1. The number of hydrogen-bond donors (Lipinski definition) is 0. The molecule has 0 saturated heterocycles. The maximum atomic E-state index is 13.2. The van der Waals surface area contributed by atoms with Gasteiger partial charge in [0.15, 0.2) is 5.78 Å². The Morgan fingerprint density at radius 2 is 1.97 bits per heavy atom. The molecule has 152 valence electrons. The Morgan fingerprint density at radius 1 is 1.23 bits per heavy atom. The first-order valence-electron chi connectivity index (χ1n) is 9.29. The molecule has 0 N–H and O–H groups in total. The van der Waals surface area contributed by atoms with Crippen LogP contribution in [0.15, 0.2) is 55.1 Å². The van der Waals surface area contributed by atoms with Gasteiger partial charge in [-0.2, -0.15) is 5.10 Å². The van der Waals surface area contributed by atoms with Gasteiger partial charge in [0.2, 0.25) is 0 Å². The molecule has 2 aromatic carbocycles. The molecule has 0 bridgehead atoms. The van der Waals surface area contributed by atoms with Crippen LogP contribution in [-0.2, 0) is 6.54 Å². The second kappa shape index (κ2) is 8.01. The van der Waals surface area contributed by atoms with Gasteiger partial charge in [0.25, 0.3) is 0 Å². The summed E-state index contributed by atoms with van der Waals surface area (Å²) in [6, 6.07) is 11.3. The summed E-state index contributed by atoms with van der Waals surface area (Å²) < 4.78 is 9.10. The number of allylic oxidation sites excluding steroid dienone is 2. The summed E-state index contributed by atoms with van der Waals surface area (Å²) in [5, 5.41) is 5.32. The van der Waals surface area contributed by atoms with Gasteiger partial charge in [0.05, 0.1) is 34.4 Å². The largest absolute Gasteiger partial charge is 0.495 e. The Labute approximate surface area is 183 Å². The number of ketones is 1. The molecule has 4 rings (SSSR count). The van der Waals surface area contributed by atoms with E-state index in [0.29, 0.717) is 39.2 Å². The zero-order valence-electron chi connectivity index (χ0n) is 16.5. The molecule has 0 aliphatic carbocycles. The Bertz CT molecular complexity index is 1330. The molecule has 2 aromatic heterocycles. The van der Waals surface area contributed by atoms with Crippen molar-refractivity contribution in [2.75, 3.05) is 7.11 Å². The molecule has 0 saturated carbocycles. The predicted molar refractivity (Wildman–Crippen MR) is 122 cm³/mol. The molecule has 7 heteroatoms. The first-order chi connectivity index (χ1) is 14.5. The van der Waals surface area contributed by atoms with Crippen LogP contribution in [0.2, 0.25) is 10.0 Å². The first kappa shape index (κ1) is 20.3. The average Bonchev–Trinajstić information content (AvgIpc) is 3.22. The fourth-order valence-corrected chi connectivity index (χ4v) is 4.01. The van der Waals surface area contributed by atoms with Gasteiger partial charge in [-0.15, -0.1) is 6.58 Å². The van der Waals surface area contributed by atoms with Crippen LogP contribution in [0, 0.1) is 6.92 Å². The Hall–Kier alpha value is -3.02. The zero-order chi connectivity index (χ0) is 21.4. The highest BCUT2D eigenvalue weighted by molar-refractivity contribution is 6.43. The van der Waals surface area contributed by atoms with Crippen LogP contribution in [0.1, 0.15) is 21.6 Å². The van der Waals surface area contributed by atoms with Crippen molar-refractivity contribution in [2.45, 2.75) is 13.5 Å². The number of carbonyl (C=O) groups is 1. The predicted octanol–water partition coefficient (Wildman–Crippen LogP) is 5.99. The summed E-state index contributed by atoms with van der Waals surface area (Å²) in [5.41, 5.74) is 4.60. The number of rotatable bonds is 6. The van der Waals surface area contributed by atoms with E-state index >= 15 is 0 Å².